The third-order valence-corrected chi connectivity index (χ3v) is 5.69. The van der Waals surface area contributed by atoms with Gasteiger partial charge in [0.15, 0.2) is 9.70 Å². The lowest BCUT2D eigenvalue weighted by Crippen LogP contribution is -2.38. The maximum absolute atomic E-state index is 12.6. The lowest BCUT2D eigenvalue weighted by Gasteiger charge is -2.27. The van der Waals surface area contributed by atoms with Crippen LogP contribution in [0.3, 0.4) is 0 Å². The van der Waals surface area contributed by atoms with Crippen LogP contribution in [-0.4, -0.2) is 22.5 Å². The van der Waals surface area contributed by atoms with Crippen LogP contribution in [0, 0.1) is 14.1 Å². The van der Waals surface area contributed by atoms with Gasteiger partial charge in [0.25, 0.3) is 5.91 Å². The van der Waals surface area contributed by atoms with Gasteiger partial charge in [0.2, 0.25) is 0 Å². The quantitative estimate of drug-likeness (QED) is 0.380. The molecule has 0 fully saturated rings. The fraction of sp³-hybridized carbons (Fsp3) is 0.111. The number of para-hydroxylation sites is 1. The Hall–Kier alpha value is -3.24. The molecule has 28 heavy (non-hydrogen) atoms. The molecule has 1 aromatic heterocycles. The predicted molar refractivity (Wildman–Crippen MR) is 108 cm³/mol. The maximum atomic E-state index is 12.6. The van der Waals surface area contributed by atoms with Crippen molar-refractivity contribution in [3.8, 4) is 11.4 Å². The summed E-state index contributed by atoms with van der Waals surface area (Å²) in [5, 5.41) is 17.4. The van der Waals surface area contributed by atoms with E-state index in [1.165, 1.54) is 30.6 Å². The van der Waals surface area contributed by atoms with E-state index in [1.54, 1.807) is 10.6 Å². The molecule has 1 aliphatic rings. The van der Waals surface area contributed by atoms with Crippen LogP contribution in [-0.2, 0) is 0 Å². The number of nitrogens with zero attached hydrogens (tertiary/aromatic N) is 2. The van der Waals surface area contributed by atoms with Gasteiger partial charge in [0.1, 0.15) is 16.9 Å². The lowest BCUT2D eigenvalue weighted by atomic mass is 10.1. The molecule has 2 aromatic carbocycles. The Morgan fingerprint density at radius 2 is 1.96 bits per heavy atom. The first-order valence-corrected chi connectivity index (χ1v) is 9.43. The molecule has 0 bridgehead atoms. The van der Waals surface area contributed by atoms with Crippen molar-refractivity contribution in [2.24, 2.45) is 0 Å². The molecule has 2 N–H and O–H groups in total. The van der Waals surface area contributed by atoms with Crippen LogP contribution in [0.15, 0.2) is 48.5 Å². The van der Waals surface area contributed by atoms with Gasteiger partial charge in [0.05, 0.1) is 12.0 Å². The minimum absolute atomic E-state index is 0.152. The first-order valence-electron chi connectivity index (χ1n) is 8.20. The number of carbonyl (C=O) groups excluding carboxylic acids is 1. The van der Waals surface area contributed by atoms with Crippen molar-refractivity contribution in [1.82, 2.24) is 9.88 Å². The molecule has 2 heterocycles. The van der Waals surface area contributed by atoms with E-state index < -0.39 is 11.1 Å². The number of methoxy groups -OCH3 is 1. The summed E-state index contributed by atoms with van der Waals surface area (Å²) in [6.07, 6.45) is -0.649. The van der Waals surface area contributed by atoms with Crippen LogP contribution in [0.25, 0.3) is 5.69 Å². The van der Waals surface area contributed by atoms with E-state index in [-0.39, 0.29) is 17.3 Å². The third-order valence-electron chi connectivity index (χ3n) is 4.32. The van der Waals surface area contributed by atoms with Crippen LogP contribution < -0.4 is 15.4 Å². The second kappa shape index (κ2) is 7.06. The number of nitro groups is 1. The largest absolute Gasteiger partial charge is 0.490 e. The number of thiazole rings is 1. The van der Waals surface area contributed by atoms with Crippen molar-refractivity contribution in [2.45, 2.75) is 6.17 Å². The molecular formula is C18H14N4O4S2. The van der Waals surface area contributed by atoms with Gasteiger partial charge >= 0.3 is 5.69 Å². The Bertz CT molecular complexity index is 1140. The zero-order valence-electron chi connectivity index (χ0n) is 14.5. The average Bonchev–Trinajstić information content (AvgIpc) is 3.04. The van der Waals surface area contributed by atoms with Gasteiger partial charge in [-0.25, -0.2) is 0 Å². The van der Waals surface area contributed by atoms with Crippen LogP contribution in [0.4, 0.5) is 11.5 Å². The molecule has 1 atom stereocenters. The van der Waals surface area contributed by atoms with Crippen molar-refractivity contribution in [1.29, 1.82) is 0 Å². The van der Waals surface area contributed by atoms with E-state index in [0.29, 0.717) is 20.2 Å². The lowest BCUT2D eigenvalue weighted by molar-refractivity contribution is -0.385. The second-order valence-electron chi connectivity index (χ2n) is 5.96. The SMILES string of the molecule is COc1ccc([C@H]2NC(=O)c3sc(=S)n(-c4ccccc4)c3N2)cc1[N+](=O)[O-]. The molecule has 1 amide bonds. The molecule has 0 aliphatic carbocycles. The number of aromatic nitrogens is 1. The Balaban J connectivity index is 1.79. The molecule has 0 saturated heterocycles. The van der Waals surface area contributed by atoms with Crippen molar-refractivity contribution in [3.05, 3.63) is 73.0 Å². The highest BCUT2D eigenvalue weighted by Gasteiger charge is 2.31. The second-order valence-corrected chi connectivity index (χ2v) is 7.60. The standard InChI is InChI=1S/C18H14N4O4S2/c1-26-13-8-7-10(9-12(13)22(24)25)15-19-16-14(17(23)20-15)28-18(27)21(16)11-5-3-2-4-6-11/h2-9,15,19H,1H3,(H,20,23)/t15-/m1/s1. The van der Waals surface area contributed by atoms with E-state index in [2.05, 4.69) is 10.6 Å². The molecule has 142 valence electrons. The minimum atomic E-state index is -0.649. The van der Waals surface area contributed by atoms with Gasteiger partial charge in [-0.1, -0.05) is 35.6 Å². The molecule has 0 radical (unpaired) electrons. The van der Waals surface area contributed by atoms with Gasteiger partial charge in [-0.15, -0.1) is 0 Å². The van der Waals surface area contributed by atoms with Gasteiger partial charge in [-0.2, -0.15) is 0 Å². The van der Waals surface area contributed by atoms with E-state index in [4.69, 9.17) is 17.0 Å². The Morgan fingerprint density at radius 1 is 1.21 bits per heavy atom. The summed E-state index contributed by atoms with van der Waals surface area (Å²) in [6, 6.07) is 14.0. The molecular weight excluding hydrogens is 400 g/mol. The van der Waals surface area contributed by atoms with E-state index in [9.17, 15) is 14.9 Å². The number of amides is 1. The zero-order chi connectivity index (χ0) is 19.8. The highest BCUT2D eigenvalue weighted by molar-refractivity contribution is 7.73. The summed E-state index contributed by atoms with van der Waals surface area (Å²) in [6.45, 7) is 0. The predicted octanol–water partition coefficient (Wildman–Crippen LogP) is 4.04. The molecule has 0 unspecified atom stereocenters. The fourth-order valence-electron chi connectivity index (χ4n) is 3.04. The van der Waals surface area contributed by atoms with Crippen molar-refractivity contribution >= 4 is 41.0 Å². The van der Waals surface area contributed by atoms with Crippen LogP contribution in [0.2, 0.25) is 0 Å². The van der Waals surface area contributed by atoms with E-state index in [0.717, 1.165) is 5.69 Å². The maximum Gasteiger partial charge on any atom is 0.311 e. The number of ether oxygens (including phenoxy) is 1. The van der Waals surface area contributed by atoms with Gasteiger partial charge < -0.3 is 15.4 Å². The summed E-state index contributed by atoms with van der Waals surface area (Å²) >= 11 is 6.66. The molecule has 3 aromatic rings. The van der Waals surface area contributed by atoms with Crippen LogP contribution >= 0.6 is 23.6 Å². The highest BCUT2D eigenvalue weighted by Crippen LogP contribution is 2.36. The third kappa shape index (κ3) is 3.02. The molecule has 0 saturated carbocycles. The smallest absolute Gasteiger partial charge is 0.311 e. The number of rotatable bonds is 4. The van der Waals surface area contributed by atoms with Crippen LogP contribution in [0.1, 0.15) is 21.4 Å². The Kier molecular flexibility index (Phi) is 4.57. The monoisotopic (exact) mass is 414 g/mol. The molecule has 10 heteroatoms. The average molecular weight is 414 g/mol. The van der Waals surface area contributed by atoms with E-state index in [1.807, 2.05) is 30.3 Å². The molecule has 4 rings (SSSR count). The van der Waals surface area contributed by atoms with Gasteiger partial charge in [-0.3, -0.25) is 19.5 Å². The number of carbonyl (C=O) groups is 1. The number of benzene rings is 2. The minimum Gasteiger partial charge on any atom is -0.490 e. The molecule has 8 nitrogen and oxygen atoms in total. The summed E-state index contributed by atoms with van der Waals surface area (Å²) in [7, 11) is 1.37. The number of nitrogens with one attached hydrogen (secondary N) is 2. The molecule has 0 spiro atoms. The van der Waals surface area contributed by atoms with Crippen LogP contribution in [0.5, 0.6) is 5.75 Å². The summed E-state index contributed by atoms with van der Waals surface area (Å²) in [5.74, 6) is 0.427. The first-order chi connectivity index (χ1) is 13.5. The number of hydrogen-bond donors (Lipinski definition) is 2. The normalized spacial score (nSPS) is 15.3. The van der Waals surface area contributed by atoms with Gasteiger partial charge in [-0.05, 0) is 30.4 Å². The van der Waals surface area contributed by atoms with E-state index >= 15 is 0 Å². The van der Waals surface area contributed by atoms with Crippen molar-refractivity contribution in [3.63, 3.8) is 0 Å². The zero-order valence-corrected chi connectivity index (χ0v) is 16.2. The van der Waals surface area contributed by atoms with Crippen molar-refractivity contribution in [2.75, 3.05) is 12.4 Å². The first kappa shape index (κ1) is 18.1. The van der Waals surface area contributed by atoms with Crippen molar-refractivity contribution < 1.29 is 14.5 Å². The number of anilines is 1. The Labute approximate surface area is 168 Å². The number of fused-ring (bicyclic) bond motifs is 1. The number of nitro benzene ring substituents is 1. The summed E-state index contributed by atoms with van der Waals surface area (Å²) < 4.78 is 7.36. The molecule has 1 aliphatic heterocycles. The highest BCUT2D eigenvalue weighted by atomic mass is 32.1. The summed E-state index contributed by atoms with van der Waals surface area (Å²) in [4.78, 5) is 23.9. The topological polar surface area (TPSA) is 98.4 Å². The summed E-state index contributed by atoms with van der Waals surface area (Å²) in [5.41, 5.74) is 1.18. The Morgan fingerprint density at radius 3 is 2.64 bits per heavy atom. The number of hydrogen-bond acceptors (Lipinski definition) is 7. The fourth-order valence-corrected chi connectivity index (χ4v) is 4.34. The van der Waals surface area contributed by atoms with Gasteiger partial charge in [0, 0.05) is 17.3 Å².